The lowest BCUT2D eigenvalue weighted by Gasteiger charge is -2.22. The molecule has 152 valence electrons. The van der Waals surface area contributed by atoms with E-state index in [9.17, 15) is 9.59 Å². The number of carbonyl (C=O) groups is 2. The first kappa shape index (κ1) is 18.0. The average molecular weight is 396 g/mol. The van der Waals surface area contributed by atoms with Gasteiger partial charge in [-0.1, -0.05) is 12.8 Å². The van der Waals surface area contributed by atoms with Gasteiger partial charge in [0.25, 0.3) is 0 Å². The molecule has 0 radical (unpaired) electrons. The summed E-state index contributed by atoms with van der Waals surface area (Å²) in [4.78, 5) is 27.1. The number of hydrogen-bond donors (Lipinski definition) is 1. The van der Waals surface area contributed by atoms with Gasteiger partial charge in [0.1, 0.15) is 19.0 Å². The summed E-state index contributed by atoms with van der Waals surface area (Å²) in [6.45, 7) is 1.36. The molecule has 2 amide bonds. The van der Waals surface area contributed by atoms with Crippen molar-refractivity contribution in [2.24, 2.45) is 5.92 Å². The number of rotatable bonds is 4. The van der Waals surface area contributed by atoms with E-state index in [1.807, 2.05) is 28.9 Å². The SMILES string of the molecule is O=C(Nc1ccnn1C1CCCC1)C1CC(=O)N(c2ccc3c(c2)OCCO3)C1. The fraction of sp³-hybridized carbons (Fsp3) is 0.476. The van der Waals surface area contributed by atoms with Gasteiger partial charge in [-0.25, -0.2) is 4.68 Å². The van der Waals surface area contributed by atoms with Crippen LogP contribution in [0.2, 0.25) is 0 Å². The number of anilines is 2. The average Bonchev–Trinajstić information content (AvgIpc) is 3.48. The van der Waals surface area contributed by atoms with Crippen molar-refractivity contribution in [2.75, 3.05) is 30.0 Å². The second-order valence-corrected chi connectivity index (χ2v) is 7.82. The van der Waals surface area contributed by atoms with Crippen molar-refractivity contribution in [2.45, 2.75) is 38.1 Å². The van der Waals surface area contributed by atoms with Crippen LogP contribution in [0.5, 0.6) is 11.5 Å². The Labute approximate surface area is 168 Å². The highest BCUT2D eigenvalue weighted by Crippen LogP contribution is 2.36. The van der Waals surface area contributed by atoms with Crippen molar-refractivity contribution in [1.29, 1.82) is 0 Å². The molecule has 3 aliphatic rings. The van der Waals surface area contributed by atoms with Crippen LogP contribution in [0.25, 0.3) is 0 Å². The van der Waals surface area contributed by atoms with E-state index in [-0.39, 0.29) is 18.2 Å². The molecule has 8 nitrogen and oxygen atoms in total. The lowest BCUT2D eigenvalue weighted by Crippen LogP contribution is -2.29. The van der Waals surface area contributed by atoms with E-state index >= 15 is 0 Å². The van der Waals surface area contributed by atoms with Gasteiger partial charge in [-0.15, -0.1) is 0 Å². The second kappa shape index (κ2) is 7.42. The smallest absolute Gasteiger partial charge is 0.230 e. The Kier molecular flexibility index (Phi) is 4.61. The third kappa shape index (κ3) is 3.43. The minimum absolute atomic E-state index is 0.0638. The van der Waals surface area contributed by atoms with Crippen LogP contribution in [-0.2, 0) is 9.59 Å². The summed E-state index contributed by atoms with van der Waals surface area (Å²) in [5.41, 5.74) is 0.727. The molecule has 1 N–H and O–H groups in total. The van der Waals surface area contributed by atoms with Gasteiger partial charge in [0, 0.05) is 30.8 Å². The van der Waals surface area contributed by atoms with Gasteiger partial charge in [0.05, 0.1) is 18.2 Å². The van der Waals surface area contributed by atoms with Crippen LogP contribution >= 0.6 is 0 Å². The molecule has 1 aromatic carbocycles. The summed E-state index contributed by atoms with van der Waals surface area (Å²) < 4.78 is 13.1. The molecule has 2 aliphatic heterocycles. The van der Waals surface area contributed by atoms with E-state index in [0.29, 0.717) is 43.1 Å². The molecule has 2 fully saturated rings. The Morgan fingerprint density at radius 3 is 2.72 bits per heavy atom. The van der Waals surface area contributed by atoms with Crippen molar-refractivity contribution in [1.82, 2.24) is 9.78 Å². The van der Waals surface area contributed by atoms with Crippen molar-refractivity contribution < 1.29 is 19.1 Å². The van der Waals surface area contributed by atoms with Gasteiger partial charge in [-0.05, 0) is 25.0 Å². The first-order valence-corrected chi connectivity index (χ1v) is 10.2. The zero-order chi connectivity index (χ0) is 19.8. The molecule has 2 aromatic rings. The molecule has 1 saturated carbocycles. The lowest BCUT2D eigenvalue weighted by atomic mass is 10.1. The molecular formula is C21H24N4O4. The van der Waals surface area contributed by atoms with Crippen LogP contribution in [0.4, 0.5) is 11.5 Å². The Bertz CT molecular complexity index is 935. The number of benzene rings is 1. The first-order chi connectivity index (χ1) is 14.2. The maximum Gasteiger partial charge on any atom is 0.230 e. The first-order valence-electron chi connectivity index (χ1n) is 10.2. The largest absolute Gasteiger partial charge is 0.486 e. The van der Waals surface area contributed by atoms with Gasteiger partial charge in [-0.2, -0.15) is 5.10 Å². The topological polar surface area (TPSA) is 85.7 Å². The van der Waals surface area contributed by atoms with Crippen LogP contribution < -0.4 is 19.7 Å². The predicted octanol–water partition coefficient (Wildman–Crippen LogP) is 2.76. The number of hydrogen-bond acceptors (Lipinski definition) is 5. The van der Waals surface area contributed by atoms with Crippen LogP contribution in [0.15, 0.2) is 30.5 Å². The zero-order valence-electron chi connectivity index (χ0n) is 16.2. The second-order valence-electron chi connectivity index (χ2n) is 7.82. The quantitative estimate of drug-likeness (QED) is 0.859. The van der Waals surface area contributed by atoms with Crippen LogP contribution in [0, 0.1) is 5.92 Å². The van der Waals surface area contributed by atoms with E-state index in [2.05, 4.69) is 10.4 Å². The van der Waals surface area contributed by atoms with Crippen molar-refractivity contribution >= 4 is 23.3 Å². The third-order valence-corrected chi connectivity index (χ3v) is 5.93. The number of carbonyl (C=O) groups excluding carboxylic acids is 2. The maximum atomic E-state index is 12.9. The van der Waals surface area contributed by atoms with Crippen LogP contribution in [-0.4, -0.2) is 41.4 Å². The monoisotopic (exact) mass is 396 g/mol. The summed E-state index contributed by atoms with van der Waals surface area (Å²) in [7, 11) is 0. The van der Waals surface area contributed by atoms with Crippen molar-refractivity contribution in [3.05, 3.63) is 30.5 Å². The maximum absolute atomic E-state index is 12.9. The number of fused-ring (bicyclic) bond motifs is 1. The highest BCUT2D eigenvalue weighted by molar-refractivity contribution is 6.03. The summed E-state index contributed by atoms with van der Waals surface area (Å²) >= 11 is 0. The fourth-order valence-corrected chi connectivity index (χ4v) is 4.41. The van der Waals surface area contributed by atoms with Gasteiger partial charge in [-0.3, -0.25) is 9.59 Å². The minimum atomic E-state index is -0.400. The van der Waals surface area contributed by atoms with Crippen molar-refractivity contribution in [3.63, 3.8) is 0 Å². The molecule has 3 heterocycles. The zero-order valence-corrected chi connectivity index (χ0v) is 16.2. The molecule has 1 atom stereocenters. The number of nitrogens with zero attached hydrogens (tertiary/aromatic N) is 3. The Hall–Kier alpha value is -3.03. The summed E-state index contributed by atoms with van der Waals surface area (Å²) in [5.74, 6) is 1.43. The van der Waals surface area contributed by atoms with E-state index in [4.69, 9.17) is 9.47 Å². The lowest BCUT2D eigenvalue weighted by molar-refractivity contribution is -0.122. The molecule has 1 aromatic heterocycles. The van der Waals surface area contributed by atoms with E-state index < -0.39 is 5.92 Å². The molecule has 1 aliphatic carbocycles. The van der Waals surface area contributed by atoms with Gasteiger partial charge in [0.2, 0.25) is 11.8 Å². The summed E-state index contributed by atoms with van der Waals surface area (Å²) in [6.07, 6.45) is 6.47. The number of nitrogens with one attached hydrogen (secondary N) is 1. The Balaban J connectivity index is 1.28. The highest BCUT2D eigenvalue weighted by Gasteiger charge is 2.36. The number of aromatic nitrogens is 2. The summed E-state index contributed by atoms with van der Waals surface area (Å²) in [6, 6.07) is 7.62. The van der Waals surface area contributed by atoms with Gasteiger partial charge >= 0.3 is 0 Å². The molecular weight excluding hydrogens is 372 g/mol. The minimum Gasteiger partial charge on any atom is -0.486 e. The fourth-order valence-electron chi connectivity index (χ4n) is 4.41. The number of amides is 2. The van der Waals surface area contributed by atoms with Gasteiger partial charge in [0.15, 0.2) is 11.5 Å². The van der Waals surface area contributed by atoms with E-state index in [1.165, 1.54) is 12.8 Å². The van der Waals surface area contributed by atoms with Gasteiger partial charge < -0.3 is 19.7 Å². The molecule has 1 unspecified atom stereocenters. The highest BCUT2D eigenvalue weighted by atomic mass is 16.6. The van der Waals surface area contributed by atoms with Crippen molar-refractivity contribution in [3.8, 4) is 11.5 Å². The predicted molar refractivity (Wildman–Crippen MR) is 106 cm³/mol. The van der Waals surface area contributed by atoms with Crippen LogP contribution in [0.3, 0.4) is 0 Å². The van der Waals surface area contributed by atoms with E-state index in [1.54, 1.807) is 11.1 Å². The van der Waals surface area contributed by atoms with Crippen LogP contribution in [0.1, 0.15) is 38.1 Å². The molecule has 1 saturated heterocycles. The molecule has 0 spiro atoms. The molecule has 8 heteroatoms. The Morgan fingerprint density at radius 1 is 1.10 bits per heavy atom. The van der Waals surface area contributed by atoms with E-state index in [0.717, 1.165) is 18.5 Å². The normalized spacial score (nSPS) is 21.6. The third-order valence-electron chi connectivity index (χ3n) is 5.93. The molecule has 29 heavy (non-hydrogen) atoms. The Morgan fingerprint density at radius 2 is 1.90 bits per heavy atom. The number of ether oxygens (including phenoxy) is 2. The summed E-state index contributed by atoms with van der Waals surface area (Å²) in [5, 5.41) is 7.38. The molecule has 5 rings (SSSR count). The standard InChI is InChI=1S/C21H24N4O4/c26-20-11-14(13-24(20)16-5-6-17-18(12-16)29-10-9-28-17)21(27)23-19-7-8-22-25(19)15-3-1-2-4-15/h5-8,12,14-15H,1-4,9-11,13H2,(H,23,27). The molecule has 0 bridgehead atoms.